The minimum atomic E-state index is -3.53. The summed E-state index contributed by atoms with van der Waals surface area (Å²) in [6, 6.07) is 9.26. The first-order valence-electron chi connectivity index (χ1n) is 7.36. The van der Waals surface area contributed by atoms with Crippen LogP contribution in [0.15, 0.2) is 41.3 Å². The van der Waals surface area contributed by atoms with Gasteiger partial charge in [-0.05, 0) is 48.2 Å². The Morgan fingerprint density at radius 3 is 2.33 bits per heavy atom. The Labute approximate surface area is 141 Å². The monoisotopic (exact) mass is 349 g/mol. The molecule has 2 rings (SSSR count). The highest BCUT2D eigenvalue weighted by atomic mass is 32.2. The quantitative estimate of drug-likeness (QED) is 0.596. The van der Waals surface area contributed by atoms with E-state index in [0.717, 1.165) is 23.4 Å². The summed E-state index contributed by atoms with van der Waals surface area (Å²) in [5.74, 6) is 0.774. The van der Waals surface area contributed by atoms with E-state index in [0.29, 0.717) is 5.75 Å². The molecule has 0 unspecified atom stereocenters. The van der Waals surface area contributed by atoms with Gasteiger partial charge >= 0.3 is 5.69 Å². The highest BCUT2D eigenvalue weighted by Gasteiger charge is 2.20. The summed E-state index contributed by atoms with van der Waals surface area (Å²) in [7, 11) is -3.53. The molecule has 0 fully saturated rings. The zero-order valence-corrected chi connectivity index (χ0v) is 14.8. The maximum atomic E-state index is 11.6. The third-order valence-corrected chi connectivity index (χ3v) is 4.63. The molecule has 7 heteroatoms. The van der Waals surface area contributed by atoms with Crippen LogP contribution in [0.25, 0.3) is 0 Å². The Morgan fingerprint density at radius 2 is 1.79 bits per heavy atom. The number of ether oxygens (including phenoxy) is 1. The molecule has 2 aromatic carbocycles. The van der Waals surface area contributed by atoms with Gasteiger partial charge in [0.05, 0.1) is 9.82 Å². The SMILES string of the molecule is Cc1cc(Oc2ccc(S(C)(=O)=O)cc2[N+](=O)[O-])cc(C(C)C)c1. The number of nitrogens with zero attached hydrogens (tertiary/aromatic N) is 1. The molecule has 0 aromatic heterocycles. The zero-order chi connectivity index (χ0) is 18.1. The highest BCUT2D eigenvalue weighted by Crippen LogP contribution is 2.34. The minimum absolute atomic E-state index is 0.00714. The van der Waals surface area contributed by atoms with Crippen LogP contribution in [0.1, 0.15) is 30.9 Å². The third kappa shape index (κ3) is 4.11. The molecule has 0 amide bonds. The van der Waals surface area contributed by atoms with Gasteiger partial charge in [-0.2, -0.15) is 0 Å². The standard InChI is InChI=1S/C17H19NO5S/c1-11(2)13-7-12(3)8-14(9-13)23-17-6-5-15(24(4,21)22)10-16(17)18(19)20/h5-11H,1-4H3. The Kier molecular flexibility index (Phi) is 4.94. The number of nitro groups is 1. The topological polar surface area (TPSA) is 86.5 Å². The molecule has 6 nitrogen and oxygen atoms in total. The van der Waals surface area contributed by atoms with E-state index in [1.54, 1.807) is 6.07 Å². The second-order valence-corrected chi connectivity index (χ2v) is 8.01. The summed E-state index contributed by atoms with van der Waals surface area (Å²) in [6.45, 7) is 6.00. The normalized spacial score (nSPS) is 11.5. The van der Waals surface area contributed by atoms with E-state index in [1.165, 1.54) is 12.1 Å². The molecule has 0 N–H and O–H groups in total. The van der Waals surface area contributed by atoms with Gasteiger partial charge in [-0.1, -0.05) is 19.9 Å². The van der Waals surface area contributed by atoms with Gasteiger partial charge in [0, 0.05) is 12.3 Å². The molecular weight excluding hydrogens is 330 g/mol. The number of aryl methyl sites for hydroxylation is 1. The smallest absolute Gasteiger partial charge is 0.312 e. The maximum absolute atomic E-state index is 11.6. The van der Waals surface area contributed by atoms with Gasteiger partial charge in [0.1, 0.15) is 5.75 Å². The molecule has 24 heavy (non-hydrogen) atoms. The van der Waals surface area contributed by atoms with E-state index < -0.39 is 14.8 Å². The summed E-state index contributed by atoms with van der Waals surface area (Å²) < 4.78 is 28.8. The molecule has 0 aliphatic rings. The molecule has 2 aromatic rings. The summed E-state index contributed by atoms with van der Waals surface area (Å²) >= 11 is 0. The van der Waals surface area contributed by atoms with Crippen molar-refractivity contribution in [3.8, 4) is 11.5 Å². The van der Waals surface area contributed by atoms with Crippen LogP contribution in [0.2, 0.25) is 0 Å². The van der Waals surface area contributed by atoms with E-state index in [-0.39, 0.29) is 22.3 Å². The predicted octanol–water partition coefficient (Wildman–Crippen LogP) is 4.22. The molecule has 0 spiro atoms. The summed E-state index contributed by atoms with van der Waals surface area (Å²) in [5, 5.41) is 11.3. The Hall–Kier alpha value is -2.41. The van der Waals surface area contributed by atoms with Gasteiger partial charge in [-0.15, -0.1) is 0 Å². The summed E-state index contributed by atoms with van der Waals surface area (Å²) in [6.07, 6.45) is 1.00. The Bertz CT molecular complexity index is 888. The summed E-state index contributed by atoms with van der Waals surface area (Å²) in [5.41, 5.74) is 1.65. The average Bonchev–Trinajstić information content (AvgIpc) is 2.45. The predicted molar refractivity (Wildman–Crippen MR) is 91.5 cm³/mol. The first kappa shape index (κ1) is 17.9. The van der Waals surface area contributed by atoms with Crippen molar-refractivity contribution in [3.05, 3.63) is 57.6 Å². The van der Waals surface area contributed by atoms with Crippen LogP contribution in [-0.2, 0) is 9.84 Å². The van der Waals surface area contributed by atoms with E-state index in [9.17, 15) is 18.5 Å². The van der Waals surface area contributed by atoms with Crippen molar-refractivity contribution < 1.29 is 18.1 Å². The molecular formula is C17H19NO5S. The fraction of sp³-hybridized carbons (Fsp3) is 0.294. The van der Waals surface area contributed by atoms with E-state index >= 15 is 0 Å². The molecule has 0 bridgehead atoms. The zero-order valence-electron chi connectivity index (χ0n) is 13.9. The van der Waals surface area contributed by atoms with Crippen molar-refractivity contribution in [1.82, 2.24) is 0 Å². The first-order chi connectivity index (χ1) is 11.1. The molecule has 0 atom stereocenters. The molecule has 0 saturated carbocycles. The largest absolute Gasteiger partial charge is 0.450 e. The number of sulfone groups is 1. The number of nitro benzene ring substituents is 1. The van der Waals surface area contributed by atoms with Gasteiger partial charge in [0.25, 0.3) is 0 Å². The van der Waals surface area contributed by atoms with Crippen molar-refractivity contribution in [3.63, 3.8) is 0 Å². The van der Waals surface area contributed by atoms with Gasteiger partial charge in [0.15, 0.2) is 9.84 Å². The second-order valence-electron chi connectivity index (χ2n) is 5.99. The summed E-state index contributed by atoms with van der Waals surface area (Å²) in [4.78, 5) is 10.5. The number of rotatable bonds is 5. The average molecular weight is 349 g/mol. The van der Waals surface area contributed by atoms with Crippen molar-refractivity contribution in [2.45, 2.75) is 31.6 Å². The van der Waals surface area contributed by atoms with Gasteiger partial charge in [-0.3, -0.25) is 10.1 Å². The molecule has 0 aliphatic heterocycles. The number of benzene rings is 2. The van der Waals surface area contributed by atoms with E-state index in [2.05, 4.69) is 0 Å². The third-order valence-electron chi connectivity index (χ3n) is 3.52. The lowest BCUT2D eigenvalue weighted by molar-refractivity contribution is -0.385. The molecule has 0 heterocycles. The molecule has 0 aliphatic carbocycles. The van der Waals surface area contributed by atoms with Gasteiger partial charge < -0.3 is 4.74 Å². The van der Waals surface area contributed by atoms with Crippen molar-refractivity contribution >= 4 is 15.5 Å². The Morgan fingerprint density at radius 1 is 1.12 bits per heavy atom. The Balaban J connectivity index is 2.48. The van der Waals surface area contributed by atoms with Crippen LogP contribution >= 0.6 is 0 Å². The van der Waals surface area contributed by atoms with Crippen LogP contribution in [0.3, 0.4) is 0 Å². The van der Waals surface area contributed by atoms with Crippen molar-refractivity contribution in [2.24, 2.45) is 0 Å². The fourth-order valence-corrected chi connectivity index (χ4v) is 2.89. The maximum Gasteiger partial charge on any atom is 0.312 e. The number of hydrogen-bond donors (Lipinski definition) is 0. The van der Waals surface area contributed by atoms with Crippen LogP contribution in [0.5, 0.6) is 11.5 Å². The lowest BCUT2D eigenvalue weighted by atomic mass is 10.0. The van der Waals surface area contributed by atoms with Crippen LogP contribution in [0, 0.1) is 17.0 Å². The van der Waals surface area contributed by atoms with Crippen LogP contribution in [0.4, 0.5) is 5.69 Å². The molecule has 0 radical (unpaired) electrons. The van der Waals surface area contributed by atoms with Crippen molar-refractivity contribution in [2.75, 3.05) is 6.26 Å². The fourth-order valence-electron chi connectivity index (χ4n) is 2.25. The minimum Gasteiger partial charge on any atom is -0.450 e. The second kappa shape index (κ2) is 6.60. The van der Waals surface area contributed by atoms with E-state index in [4.69, 9.17) is 4.74 Å². The highest BCUT2D eigenvalue weighted by molar-refractivity contribution is 7.90. The first-order valence-corrected chi connectivity index (χ1v) is 9.25. The lowest BCUT2D eigenvalue weighted by Gasteiger charge is -2.12. The van der Waals surface area contributed by atoms with E-state index in [1.807, 2.05) is 32.9 Å². The van der Waals surface area contributed by atoms with Crippen LogP contribution in [-0.4, -0.2) is 19.6 Å². The molecule has 0 saturated heterocycles. The van der Waals surface area contributed by atoms with Gasteiger partial charge in [-0.25, -0.2) is 8.42 Å². The van der Waals surface area contributed by atoms with Gasteiger partial charge in [0.2, 0.25) is 5.75 Å². The lowest BCUT2D eigenvalue weighted by Crippen LogP contribution is -2.00. The van der Waals surface area contributed by atoms with Crippen LogP contribution < -0.4 is 4.74 Å². The number of hydrogen-bond acceptors (Lipinski definition) is 5. The van der Waals surface area contributed by atoms with Crippen molar-refractivity contribution in [1.29, 1.82) is 0 Å². The molecule has 128 valence electrons.